The lowest BCUT2D eigenvalue weighted by Gasteiger charge is -2.36. The van der Waals surface area contributed by atoms with Crippen LogP contribution in [0.3, 0.4) is 0 Å². The van der Waals surface area contributed by atoms with Gasteiger partial charge in [-0.2, -0.15) is 11.8 Å². The van der Waals surface area contributed by atoms with Crippen LogP contribution in [0.2, 0.25) is 0 Å². The molecule has 128 valence electrons. The van der Waals surface area contributed by atoms with Gasteiger partial charge >= 0.3 is 0 Å². The summed E-state index contributed by atoms with van der Waals surface area (Å²) in [6.07, 6.45) is 0. The van der Waals surface area contributed by atoms with Gasteiger partial charge in [0.05, 0.1) is 0 Å². The number of carbonyl (C=O) groups is 1. The fourth-order valence-corrected chi connectivity index (χ4v) is 3.42. The van der Waals surface area contributed by atoms with Crippen molar-refractivity contribution in [2.45, 2.75) is 32.9 Å². The van der Waals surface area contributed by atoms with Crippen LogP contribution in [-0.4, -0.2) is 72.9 Å². The third-order valence-electron chi connectivity index (χ3n) is 3.67. The highest BCUT2D eigenvalue weighted by molar-refractivity contribution is 8.00. The Balaban J connectivity index is 2.75. The maximum Gasteiger partial charge on any atom is 0.243 e. The van der Waals surface area contributed by atoms with Gasteiger partial charge in [-0.05, 0) is 11.8 Å². The topological polar surface area (TPSA) is 47.9 Å². The molecule has 0 aromatic rings. The molecule has 1 fully saturated rings. The largest absolute Gasteiger partial charge is 0.356 e. The molecule has 1 unspecified atom stereocenters. The minimum absolute atomic E-state index is 0.0376. The van der Waals surface area contributed by atoms with E-state index in [1.165, 1.54) is 0 Å². The van der Waals surface area contributed by atoms with Crippen LogP contribution in [0.4, 0.5) is 0 Å². The van der Waals surface area contributed by atoms with Gasteiger partial charge in [-0.15, -0.1) is 0 Å². The summed E-state index contributed by atoms with van der Waals surface area (Å²) in [5.74, 6) is 3.25. The van der Waals surface area contributed by atoms with Crippen molar-refractivity contribution in [3.63, 3.8) is 0 Å². The van der Waals surface area contributed by atoms with Crippen LogP contribution in [0.1, 0.15) is 27.7 Å². The molecular formula is C16H32N4OS. The average Bonchev–Trinajstić information content (AvgIpc) is 2.46. The number of nitrogens with one attached hydrogen (secondary N) is 1. The standard InChI is InChI=1S/C16H32N4OS/c1-12(2)9-17-16(18-10-15(21)19(5)6)20-7-8-22-14(11-20)13(3)4/h12-14H,7-11H2,1-6H3,(H,17,18). The number of thioether (sulfide) groups is 1. The van der Waals surface area contributed by atoms with Gasteiger partial charge in [0, 0.05) is 44.7 Å². The highest BCUT2D eigenvalue weighted by Crippen LogP contribution is 2.24. The van der Waals surface area contributed by atoms with Gasteiger partial charge in [-0.1, -0.05) is 27.7 Å². The zero-order chi connectivity index (χ0) is 16.7. The van der Waals surface area contributed by atoms with Crippen LogP contribution in [0, 0.1) is 11.8 Å². The summed E-state index contributed by atoms with van der Waals surface area (Å²) < 4.78 is 0. The molecule has 0 bridgehead atoms. The highest BCUT2D eigenvalue weighted by atomic mass is 32.2. The normalized spacial score (nSPS) is 19.7. The van der Waals surface area contributed by atoms with E-state index in [0.29, 0.717) is 17.1 Å². The van der Waals surface area contributed by atoms with Crippen molar-refractivity contribution in [1.29, 1.82) is 0 Å². The van der Waals surface area contributed by atoms with Crippen molar-refractivity contribution in [3.8, 4) is 0 Å². The first-order chi connectivity index (χ1) is 10.3. The van der Waals surface area contributed by atoms with Crippen LogP contribution >= 0.6 is 11.8 Å². The minimum atomic E-state index is 0.0376. The van der Waals surface area contributed by atoms with Gasteiger partial charge in [0.1, 0.15) is 6.54 Å². The summed E-state index contributed by atoms with van der Waals surface area (Å²) in [4.78, 5) is 20.3. The first-order valence-electron chi connectivity index (χ1n) is 8.16. The van der Waals surface area contributed by atoms with E-state index in [1.807, 2.05) is 11.8 Å². The first kappa shape index (κ1) is 19.1. The molecule has 6 heteroatoms. The fourth-order valence-electron chi connectivity index (χ4n) is 2.12. The van der Waals surface area contributed by atoms with E-state index < -0.39 is 0 Å². The number of guanidine groups is 1. The second-order valence-corrected chi connectivity index (χ2v) is 8.15. The number of rotatable bonds is 5. The first-order valence-corrected chi connectivity index (χ1v) is 9.21. The Kier molecular flexibility index (Phi) is 8.07. The molecular weight excluding hydrogens is 296 g/mol. The summed E-state index contributed by atoms with van der Waals surface area (Å²) in [5, 5.41) is 4.07. The predicted octanol–water partition coefficient (Wildman–Crippen LogP) is 1.75. The third-order valence-corrected chi connectivity index (χ3v) is 5.21. The Hall–Kier alpha value is -0.910. The summed E-state index contributed by atoms with van der Waals surface area (Å²) in [7, 11) is 3.54. The third kappa shape index (κ3) is 6.46. The van der Waals surface area contributed by atoms with Crippen molar-refractivity contribution in [3.05, 3.63) is 0 Å². The zero-order valence-corrected chi connectivity index (χ0v) is 15.7. The van der Waals surface area contributed by atoms with Gasteiger partial charge < -0.3 is 15.1 Å². The van der Waals surface area contributed by atoms with Crippen molar-refractivity contribution < 1.29 is 4.79 Å². The number of aliphatic imine (C=N–C) groups is 1. The summed E-state index contributed by atoms with van der Waals surface area (Å²) in [6, 6.07) is 0. The number of nitrogens with zero attached hydrogens (tertiary/aromatic N) is 3. The maximum absolute atomic E-state index is 11.8. The van der Waals surface area contributed by atoms with Gasteiger partial charge in [0.2, 0.25) is 5.91 Å². The number of carbonyl (C=O) groups excluding carboxylic acids is 1. The Morgan fingerprint density at radius 3 is 2.59 bits per heavy atom. The lowest BCUT2D eigenvalue weighted by molar-refractivity contribution is -0.127. The Morgan fingerprint density at radius 1 is 1.36 bits per heavy atom. The second kappa shape index (κ2) is 9.28. The molecule has 0 saturated carbocycles. The summed E-state index contributed by atoms with van der Waals surface area (Å²) in [5.41, 5.74) is 0. The Labute approximate surface area is 139 Å². The number of hydrogen-bond donors (Lipinski definition) is 1. The molecule has 1 heterocycles. The molecule has 1 atom stereocenters. The lowest BCUT2D eigenvalue weighted by Crippen LogP contribution is -2.50. The molecule has 0 aromatic heterocycles. The molecule has 1 N–H and O–H groups in total. The monoisotopic (exact) mass is 328 g/mol. The minimum Gasteiger partial charge on any atom is -0.356 e. The van der Waals surface area contributed by atoms with Crippen LogP contribution in [0.5, 0.6) is 0 Å². The molecule has 1 aliphatic heterocycles. The van der Waals surface area contributed by atoms with Crippen LogP contribution in [0.25, 0.3) is 0 Å². The van der Waals surface area contributed by atoms with E-state index in [0.717, 1.165) is 31.3 Å². The predicted molar refractivity (Wildman–Crippen MR) is 96.5 cm³/mol. The molecule has 0 aromatic carbocycles. The quantitative estimate of drug-likeness (QED) is 0.617. The lowest BCUT2D eigenvalue weighted by atomic mass is 10.1. The number of amides is 1. The van der Waals surface area contributed by atoms with Crippen LogP contribution in [-0.2, 0) is 4.79 Å². The number of likely N-dealkylation sites (N-methyl/N-ethyl adjacent to an activating group) is 1. The molecule has 0 spiro atoms. The Bertz CT molecular complexity index is 382. The van der Waals surface area contributed by atoms with E-state index in [2.05, 4.69) is 42.9 Å². The van der Waals surface area contributed by atoms with E-state index in [-0.39, 0.29) is 12.5 Å². The molecule has 0 aliphatic carbocycles. The smallest absolute Gasteiger partial charge is 0.243 e. The van der Waals surface area contributed by atoms with Gasteiger partial charge in [-0.25, -0.2) is 4.99 Å². The van der Waals surface area contributed by atoms with Crippen LogP contribution < -0.4 is 5.32 Å². The van der Waals surface area contributed by atoms with E-state index in [9.17, 15) is 4.79 Å². The van der Waals surface area contributed by atoms with Gasteiger partial charge in [0.25, 0.3) is 0 Å². The second-order valence-electron chi connectivity index (χ2n) is 6.80. The van der Waals surface area contributed by atoms with Crippen molar-refractivity contribution in [2.75, 3.05) is 46.0 Å². The highest BCUT2D eigenvalue weighted by Gasteiger charge is 2.25. The molecule has 1 aliphatic rings. The van der Waals surface area contributed by atoms with Gasteiger partial charge in [0.15, 0.2) is 5.96 Å². The van der Waals surface area contributed by atoms with E-state index >= 15 is 0 Å². The Morgan fingerprint density at radius 2 is 2.05 bits per heavy atom. The SMILES string of the molecule is CC(C)CNC(=NCC(=O)N(C)C)N1CCSC(C(C)C)C1. The van der Waals surface area contributed by atoms with Crippen LogP contribution in [0.15, 0.2) is 4.99 Å². The summed E-state index contributed by atoms with van der Waals surface area (Å²) in [6.45, 7) is 12.0. The summed E-state index contributed by atoms with van der Waals surface area (Å²) >= 11 is 2.05. The molecule has 1 saturated heterocycles. The maximum atomic E-state index is 11.8. The van der Waals surface area contributed by atoms with E-state index in [1.54, 1.807) is 19.0 Å². The molecule has 5 nitrogen and oxygen atoms in total. The fraction of sp³-hybridized carbons (Fsp3) is 0.875. The molecule has 22 heavy (non-hydrogen) atoms. The van der Waals surface area contributed by atoms with Gasteiger partial charge in [-0.3, -0.25) is 4.79 Å². The van der Waals surface area contributed by atoms with Crippen molar-refractivity contribution >= 4 is 23.6 Å². The zero-order valence-electron chi connectivity index (χ0n) is 14.9. The molecule has 1 amide bonds. The number of hydrogen-bond acceptors (Lipinski definition) is 3. The van der Waals surface area contributed by atoms with Crippen molar-refractivity contribution in [1.82, 2.24) is 15.1 Å². The van der Waals surface area contributed by atoms with Crippen molar-refractivity contribution in [2.24, 2.45) is 16.8 Å². The molecule has 0 radical (unpaired) electrons. The average molecular weight is 329 g/mol. The van der Waals surface area contributed by atoms with E-state index in [4.69, 9.17) is 0 Å². The molecule has 1 rings (SSSR count).